The first-order valence-corrected chi connectivity index (χ1v) is 21.0. The average molecular weight is 561 g/mol. The fraction of sp³-hybridized carbons (Fsp3) is 0.778. The first-order valence-electron chi connectivity index (χ1n) is 13.4. The molecule has 0 spiro atoms. The fourth-order valence-corrected chi connectivity index (χ4v) is 7.24. The topological polar surface area (TPSA) is 18.5 Å². The number of hydrogen-bond donors (Lipinski definition) is 0. The van der Waals surface area contributed by atoms with Crippen LogP contribution in [0, 0.1) is 0 Å². The van der Waals surface area contributed by atoms with Gasteiger partial charge in [0, 0.05) is 29.3 Å². The van der Waals surface area contributed by atoms with Gasteiger partial charge in [0.15, 0.2) is 0 Å². The molecular weight excluding hydrogens is 511 g/mol. The Morgan fingerprint density at radius 1 is 0.618 bits per heavy atom. The summed E-state index contributed by atoms with van der Waals surface area (Å²) in [6, 6.07) is 11.6. The highest BCUT2D eigenvalue weighted by atomic mass is 35.5. The molecule has 0 saturated heterocycles. The lowest BCUT2D eigenvalue weighted by atomic mass is 10.1. The summed E-state index contributed by atoms with van der Waals surface area (Å²) in [5.41, 5.74) is 1.32. The Balaban J connectivity index is 2.17. The maximum atomic E-state index is 6.40. The standard InChI is InChI=1S/C27H49Cl2O2Si3/c1-32(2)26(28)20-14-7-5-9-16-22-30-34(24-25-18-12-11-13-19-25)31-23-17-10-6-8-15-21-27(29)33(3)4/h11-13,18-19,26-27H,5-10,14-17,20-24H2,1-4H3. The largest absolute Gasteiger partial charge is 0.393 e. The van der Waals surface area contributed by atoms with E-state index in [1.54, 1.807) is 0 Å². The SMILES string of the molecule is C[Si](C)C(Cl)CCCCCCCO[Si](Cc1ccccc1)OCCCCCCCC(Cl)[Si](C)C. The van der Waals surface area contributed by atoms with Crippen molar-refractivity contribution in [1.29, 1.82) is 0 Å². The minimum absolute atomic E-state index is 0.339. The van der Waals surface area contributed by atoms with Gasteiger partial charge >= 0.3 is 9.28 Å². The predicted octanol–water partition coefficient (Wildman–Crippen LogP) is 8.77. The minimum atomic E-state index is -1.26. The molecule has 195 valence electrons. The van der Waals surface area contributed by atoms with Crippen LogP contribution in [0.2, 0.25) is 26.2 Å². The molecular formula is C27H49Cl2O2Si3. The van der Waals surface area contributed by atoms with Crippen LogP contribution in [0.4, 0.5) is 0 Å². The highest BCUT2D eigenvalue weighted by Crippen LogP contribution is 2.15. The number of rotatable bonds is 22. The van der Waals surface area contributed by atoms with E-state index in [1.807, 2.05) is 0 Å². The number of halogens is 2. The van der Waals surface area contributed by atoms with Crippen LogP contribution in [0.3, 0.4) is 0 Å². The number of benzene rings is 1. The molecule has 2 unspecified atom stereocenters. The van der Waals surface area contributed by atoms with Crippen LogP contribution in [0.15, 0.2) is 30.3 Å². The van der Waals surface area contributed by atoms with Gasteiger partial charge in [-0.15, -0.1) is 23.2 Å². The number of hydrogen-bond acceptors (Lipinski definition) is 2. The summed E-state index contributed by atoms with van der Waals surface area (Å²) in [6.07, 6.45) is 14.8. The molecule has 7 heteroatoms. The molecule has 1 rings (SSSR count). The van der Waals surface area contributed by atoms with Crippen LogP contribution in [0.5, 0.6) is 0 Å². The molecule has 0 aliphatic rings. The van der Waals surface area contributed by atoms with Crippen LogP contribution in [0.25, 0.3) is 0 Å². The first-order chi connectivity index (χ1) is 16.4. The Labute approximate surface area is 226 Å². The number of unbranched alkanes of at least 4 members (excludes halogenated alkanes) is 8. The van der Waals surface area contributed by atoms with Crippen molar-refractivity contribution in [2.75, 3.05) is 13.2 Å². The van der Waals surface area contributed by atoms with Crippen LogP contribution >= 0.6 is 23.2 Å². The van der Waals surface area contributed by atoms with Gasteiger partial charge in [0.25, 0.3) is 0 Å². The van der Waals surface area contributed by atoms with Gasteiger partial charge in [0.05, 0.1) is 17.6 Å². The van der Waals surface area contributed by atoms with E-state index in [1.165, 1.54) is 69.8 Å². The summed E-state index contributed by atoms with van der Waals surface area (Å²) in [6.45, 7) is 10.9. The van der Waals surface area contributed by atoms with E-state index in [2.05, 4.69) is 56.5 Å². The molecule has 3 radical (unpaired) electrons. The smallest absolute Gasteiger partial charge is 0.389 e. The third-order valence-corrected chi connectivity index (χ3v) is 14.1. The summed E-state index contributed by atoms with van der Waals surface area (Å²) in [5, 5.41) is 0.857. The van der Waals surface area contributed by atoms with Crippen molar-refractivity contribution in [3.05, 3.63) is 35.9 Å². The predicted molar refractivity (Wildman–Crippen MR) is 157 cm³/mol. The quantitative estimate of drug-likeness (QED) is 0.0802. The van der Waals surface area contributed by atoms with E-state index in [-0.39, 0.29) is 17.6 Å². The second-order valence-corrected chi connectivity index (χ2v) is 19.1. The maximum Gasteiger partial charge on any atom is 0.389 e. The highest BCUT2D eigenvalue weighted by molar-refractivity contribution is 6.67. The van der Waals surface area contributed by atoms with Gasteiger partial charge in [-0.1, -0.05) is 108 Å². The fourth-order valence-electron chi connectivity index (χ4n) is 3.77. The van der Waals surface area contributed by atoms with E-state index in [9.17, 15) is 0 Å². The second-order valence-electron chi connectivity index (χ2n) is 9.93. The summed E-state index contributed by atoms with van der Waals surface area (Å²) in [7, 11) is -1.94. The lowest BCUT2D eigenvalue weighted by Gasteiger charge is -2.16. The molecule has 0 fully saturated rings. The van der Waals surface area contributed by atoms with Crippen LogP contribution in [-0.2, 0) is 14.9 Å². The van der Waals surface area contributed by atoms with Crippen molar-refractivity contribution < 1.29 is 8.85 Å². The lowest BCUT2D eigenvalue weighted by molar-refractivity contribution is 0.188. The third kappa shape index (κ3) is 17.7. The molecule has 34 heavy (non-hydrogen) atoms. The molecule has 0 amide bonds. The zero-order valence-corrected chi connectivity index (χ0v) is 26.7. The third-order valence-electron chi connectivity index (χ3n) is 6.17. The van der Waals surface area contributed by atoms with Crippen molar-refractivity contribution >= 4 is 50.1 Å². The Kier molecular flexibility index (Phi) is 20.4. The minimum Gasteiger partial charge on any atom is -0.393 e. The van der Waals surface area contributed by atoms with Gasteiger partial charge in [0.1, 0.15) is 0 Å². The molecule has 0 aliphatic heterocycles. The summed E-state index contributed by atoms with van der Waals surface area (Å²) in [4.78, 5) is 0. The Hall–Kier alpha value is 0.371. The summed E-state index contributed by atoms with van der Waals surface area (Å²) >= 11 is 12.8. The van der Waals surface area contributed by atoms with Crippen molar-refractivity contribution in [3.63, 3.8) is 0 Å². The number of alkyl halides is 2. The van der Waals surface area contributed by atoms with Gasteiger partial charge in [0.2, 0.25) is 0 Å². The highest BCUT2D eigenvalue weighted by Gasteiger charge is 2.17. The molecule has 0 bridgehead atoms. The zero-order valence-electron chi connectivity index (χ0n) is 22.2. The van der Waals surface area contributed by atoms with Crippen molar-refractivity contribution in [2.45, 2.75) is 119 Å². The van der Waals surface area contributed by atoms with Crippen molar-refractivity contribution in [3.8, 4) is 0 Å². The molecule has 0 aliphatic carbocycles. The lowest BCUT2D eigenvalue weighted by Crippen LogP contribution is -2.27. The van der Waals surface area contributed by atoms with Crippen molar-refractivity contribution in [1.82, 2.24) is 0 Å². The Bertz CT molecular complexity index is 548. The molecule has 0 saturated carbocycles. The van der Waals surface area contributed by atoms with Gasteiger partial charge in [-0.2, -0.15) is 0 Å². The molecule has 0 N–H and O–H groups in total. The molecule has 0 heterocycles. The van der Waals surface area contributed by atoms with Gasteiger partial charge in [-0.3, -0.25) is 0 Å². The molecule has 2 atom stereocenters. The van der Waals surface area contributed by atoms with E-state index in [4.69, 9.17) is 32.1 Å². The van der Waals surface area contributed by atoms with E-state index in [0.717, 1.165) is 32.1 Å². The van der Waals surface area contributed by atoms with Crippen LogP contribution in [-0.4, -0.2) is 50.1 Å². The van der Waals surface area contributed by atoms with Crippen LogP contribution < -0.4 is 0 Å². The molecule has 1 aromatic rings. The van der Waals surface area contributed by atoms with Crippen LogP contribution in [0.1, 0.15) is 82.6 Å². The van der Waals surface area contributed by atoms with E-state index >= 15 is 0 Å². The van der Waals surface area contributed by atoms with Gasteiger partial charge < -0.3 is 8.85 Å². The van der Waals surface area contributed by atoms with Gasteiger partial charge in [-0.25, -0.2) is 0 Å². The van der Waals surface area contributed by atoms with Crippen molar-refractivity contribution in [2.24, 2.45) is 0 Å². The average Bonchev–Trinajstić information content (AvgIpc) is 2.82. The molecule has 2 nitrogen and oxygen atoms in total. The van der Waals surface area contributed by atoms with E-state index < -0.39 is 9.28 Å². The summed E-state index contributed by atoms with van der Waals surface area (Å²) in [5.74, 6) is 0. The monoisotopic (exact) mass is 559 g/mol. The first kappa shape index (κ1) is 32.4. The molecule has 0 aromatic heterocycles. The Morgan fingerprint density at radius 2 is 1.03 bits per heavy atom. The normalized spacial score (nSPS) is 13.8. The van der Waals surface area contributed by atoms with Gasteiger partial charge in [-0.05, 0) is 31.2 Å². The molecule has 1 aromatic carbocycles. The maximum absolute atomic E-state index is 6.40. The van der Waals surface area contributed by atoms with E-state index in [0.29, 0.717) is 10.0 Å². The second kappa shape index (κ2) is 21.5. The Morgan fingerprint density at radius 3 is 1.47 bits per heavy atom. The summed E-state index contributed by atoms with van der Waals surface area (Å²) < 4.78 is 12.5. The zero-order chi connectivity index (χ0) is 25.0.